The second kappa shape index (κ2) is 6.91. The second-order valence-electron chi connectivity index (χ2n) is 4.72. The van der Waals surface area contributed by atoms with Gasteiger partial charge in [-0.3, -0.25) is 4.98 Å². The number of thioether (sulfide) groups is 1. The van der Waals surface area contributed by atoms with Gasteiger partial charge in [0.25, 0.3) is 0 Å². The highest BCUT2D eigenvalue weighted by Crippen LogP contribution is 2.28. The van der Waals surface area contributed by atoms with Crippen molar-refractivity contribution in [3.8, 4) is 0 Å². The number of carbonyl (C=O) groups excluding carboxylic acids is 1. The molecule has 2 atom stereocenters. The number of hydrogen-bond acceptors (Lipinski definition) is 5. The first-order valence-electron chi connectivity index (χ1n) is 6.54. The average molecular weight is 280 g/mol. The van der Waals surface area contributed by atoms with Crippen LogP contribution in [0.2, 0.25) is 0 Å². The lowest BCUT2D eigenvalue weighted by Gasteiger charge is -2.18. The first kappa shape index (κ1) is 14.3. The molecular formula is C14H20N2O2S. The lowest BCUT2D eigenvalue weighted by molar-refractivity contribution is 0.0600. The van der Waals surface area contributed by atoms with E-state index in [0.29, 0.717) is 16.9 Å². The summed E-state index contributed by atoms with van der Waals surface area (Å²) in [7, 11) is 1.38. The molecule has 0 radical (unpaired) electrons. The molecule has 0 saturated heterocycles. The van der Waals surface area contributed by atoms with Crippen molar-refractivity contribution < 1.29 is 9.53 Å². The van der Waals surface area contributed by atoms with Gasteiger partial charge in [-0.25, -0.2) is 4.79 Å². The Hall–Kier alpha value is -1.07. The Balaban J connectivity index is 1.88. The van der Waals surface area contributed by atoms with Crippen LogP contribution in [0.25, 0.3) is 0 Å². The predicted octanol–water partition coefficient (Wildman–Crippen LogP) is 2.24. The third-order valence-electron chi connectivity index (χ3n) is 3.55. The Morgan fingerprint density at radius 3 is 3.00 bits per heavy atom. The molecule has 1 aliphatic carbocycles. The molecule has 0 bridgehead atoms. The van der Waals surface area contributed by atoms with Crippen LogP contribution < -0.4 is 5.32 Å². The summed E-state index contributed by atoms with van der Waals surface area (Å²) in [6.07, 6.45) is 7.59. The molecule has 1 aromatic rings. The fourth-order valence-corrected chi connectivity index (χ4v) is 3.41. The SMILES string of the molecule is COC(=O)c1ccc(CNC2CCCC2SC)nc1. The minimum Gasteiger partial charge on any atom is -0.465 e. The fraction of sp³-hybridized carbons (Fsp3) is 0.571. The topological polar surface area (TPSA) is 51.2 Å². The molecule has 2 unspecified atom stereocenters. The molecular weight excluding hydrogens is 260 g/mol. The Labute approximate surface area is 118 Å². The minimum atomic E-state index is -0.342. The second-order valence-corrected chi connectivity index (χ2v) is 5.80. The van der Waals surface area contributed by atoms with Crippen LogP contribution in [0, 0.1) is 0 Å². The summed E-state index contributed by atoms with van der Waals surface area (Å²) >= 11 is 1.94. The maximum Gasteiger partial charge on any atom is 0.339 e. The van der Waals surface area contributed by atoms with E-state index in [0.717, 1.165) is 12.2 Å². The van der Waals surface area contributed by atoms with Crippen molar-refractivity contribution in [1.82, 2.24) is 10.3 Å². The zero-order valence-electron chi connectivity index (χ0n) is 11.4. The van der Waals surface area contributed by atoms with E-state index in [1.54, 1.807) is 12.3 Å². The van der Waals surface area contributed by atoms with Crippen LogP contribution in [0.5, 0.6) is 0 Å². The maximum atomic E-state index is 11.3. The molecule has 1 aliphatic rings. The number of methoxy groups -OCH3 is 1. The molecule has 4 nitrogen and oxygen atoms in total. The van der Waals surface area contributed by atoms with Gasteiger partial charge in [-0.05, 0) is 31.2 Å². The largest absolute Gasteiger partial charge is 0.465 e. The summed E-state index contributed by atoms with van der Waals surface area (Å²) in [6.45, 7) is 0.753. The number of hydrogen-bond donors (Lipinski definition) is 1. The average Bonchev–Trinajstić information content (AvgIpc) is 2.92. The highest BCUT2D eigenvalue weighted by Gasteiger charge is 2.25. The lowest BCUT2D eigenvalue weighted by atomic mass is 10.2. The molecule has 1 heterocycles. The zero-order chi connectivity index (χ0) is 13.7. The summed E-state index contributed by atoms with van der Waals surface area (Å²) in [5.74, 6) is -0.342. The molecule has 1 aromatic heterocycles. The molecule has 0 amide bonds. The summed E-state index contributed by atoms with van der Waals surface area (Å²) in [5.41, 5.74) is 1.45. The van der Waals surface area contributed by atoms with E-state index in [1.807, 2.05) is 17.8 Å². The van der Waals surface area contributed by atoms with Gasteiger partial charge in [-0.15, -0.1) is 0 Å². The van der Waals surface area contributed by atoms with Gasteiger partial charge in [0.15, 0.2) is 0 Å². The Kier molecular flexibility index (Phi) is 5.22. The summed E-state index contributed by atoms with van der Waals surface area (Å²) in [5, 5.41) is 4.28. The van der Waals surface area contributed by atoms with Crippen LogP contribution in [-0.2, 0) is 11.3 Å². The number of nitrogens with one attached hydrogen (secondary N) is 1. The van der Waals surface area contributed by atoms with Crippen molar-refractivity contribution in [3.63, 3.8) is 0 Å². The highest BCUT2D eigenvalue weighted by atomic mass is 32.2. The van der Waals surface area contributed by atoms with Crippen molar-refractivity contribution in [2.45, 2.75) is 37.1 Å². The quantitative estimate of drug-likeness (QED) is 0.838. The minimum absolute atomic E-state index is 0.342. The molecule has 0 aliphatic heterocycles. The van der Waals surface area contributed by atoms with E-state index in [2.05, 4.69) is 21.3 Å². The van der Waals surface area contributed by atoms with Gasteiger partial charge < -0.3 is 10.1 Å². The molecule has 1 saturated carbocycles. The van der Waals surface area contributed by atoms with Crippen molar-refractivity contribution in [2.75, 3.05) is 13.4 Å². The van der Waals surface area contributed by atoms with E-state index in [4.69, 9.17) is 0 Å². The number of esters is 1. The molecule has 2 rings (SSSR count). The van der Waals surface area contributed by atoms with E-state index in [9.17, 15) is 4.79 Å². The molecule has 0 spiro atoms. The van der Waals surface area contributed by atoms with Crippen LogP contribution in [-0.4, -0.2) is 35.6 Å². The number of aromatic nitrogens is 1. The Bertz CT molecular complexity index is 422. The van der Waals surface area contributed by atoms with Crippen LogP contribution in [0.1, 0.15) is 35.3 Å². The standard InChI is InChI=1S/C14H20N2O2S/c1-18-14(17)10-6-7-11(15-8-10)9-16-12-4-3-5-13(12)19-2/h6-8,12-13,16H,3-5,9H2,1-2H3. The summed E-state index contributed by atoms with van der Waals surface area (Å²) < 4.78 is 4.65. The Morgan fingerprint density at radius 2 is 2.37 bits per heavy atom. The van der Waals surface area contributed by atoms with Gasteiger partial charge in [0, 0.05) is 24.0 Å². The van der Waals surface area contributed by atoms with Gasteiger partial charge in [0.05, 0.1) is 18.4 Å². The van der Waals surface area contributed by atoms with E-state index in [1.165, 1.54) is 26.4 Å². The number of ether oxygens (including phenoxy) is 1. The van der Waals surface area contributed by atoms with Crippen LogP contribution >= 0.6 is 11.8 Å². The fourth-order valence-electron chi connectivity index (χ4n) is 2.44. The number of pyridine rings is 1. The molecule has 19 heavy (non-hydrogen) atoms. The van der Waals surface area contributed by atoms with Crippen molar-refractivity contribution in [2.24, 2.45) is 0 Å². The van der Waals surface area contributed by atoms with Gasteiger partial charge in [0.2, 0.25) is 0 Å². The maximum absolute atomic E-state index is 11.3. The highest BCUT2D eigenvalue weighted by molar-refractivity contribution is 7.99. The third-order valence-corrected chi connectivity index (χ3v) is 4.72. The lowest BCUT2D eigenvalue weighted by Crippen LogP contribution is -2.33. The van der Waals surface area contributed by atoms with Gasteiger partial charge in [-0.2, -0.15) is 11.8 Å². The smallest absolute Gasteiger partial charge is 0.339 e. The van der Waals surface area contributed by atoms with Crippen LogP contribution in [0.15, 0.2) is 18.3 Å². The molecule has 0 aromatic carbocycles. The van der Waals surface area contributed by atoms with Crippen molar-refractivity contribution in [1.29, 1.82) is 0 Å². The van der Waals surface area contributed by atoms with Gasteiger partial charge in [0.1, 0.15) is 0 Å². The number of rotatable bonds is 5. The Morgan fingerprint density at radius 1 is 1.53 bits per heavy atom. The number of carbonyl (C=O) groups is 1. The summed E-state index contributed by atoms with van der Waals surface area (Å²) in [6, 6.07) is 4.22. The van der Waals surface area contributed by atoms with Crippen LogP contribution in [0.3, 0.4) is 0 Å². The van der Waals surface area contributed by atoms with Crippen LogP contribution in [0.4, 0.5) is 0 Å². The summed E-state index contributed by atoms with van der Waals surface area (Å²) in [4.78, 5) is 15.6. The molecule has 5 heteroatoms. The van der Waals surface area contributed by atoms with E-state index in [-0.39, 0.29) is 5.97 Å². The normalized spacial score (nSPS) is 22.4. The van der Waals surface area contributed by atoms with Gasteiger partial charge in [-0.1, -0.05) is 6.42 Å². The van der Waals surface area contributed by atoms with Crippen molar-refractivity contribution in [3.05, 3.63) is 29.6 Å². The number of nitrogens with zero attached hydrogens (tertiary/aromatic N) is 1. The molecule has 1 fully saturated rings. The predicted molar refractivity (Wildman–Crippen MR) is 77.4 cm³/mol. The van der Waals surface area contributed by atoms with Gasteiger partial charge >= 0.3 is 5.97 Å². The molecule has 1 N–H and O–H groups in total. The van der Waals surface area contributed by atoms with E-state index >= 15 is 0 Å². The zero-order valence-corrected chi connectivity index (χ0v) is 12.2. The van der Waals surface area contributed by atoms with Crippen molar-refractivity contribution >= 4 is 17.7 Å². The monoisotopic (exact) mass is 280 g/mol. The van der Waals surface area contributed by atoms with E-state index < -0.39 is 0 Å². The first-order chi connectivity index (χ1) is 9.24. The first-order valence-corrected chi connectivity index (χ1v) is 7.83. The molecule has 104 valence electrons. The third kappa shape index (κ3) is 3.70.